The molecule has 1 aromatic heterocycles. The number of ether oxygens (including phenoxy) is 1. The van der Waals surface area contributed by atoms with E-state index < -0.39 is 10.0 Å². The van der Waals surface area contributed by atoms with Crippen LogP contribution in [-0.2, 0) is 19.6 Å². The first-order chi connectivity index (χ1) is 8.06. The molecule has 0 bridgehead atoms. The molecule has 0 aromatic carbocycles. The van der Waals surface area contributed by atoms with Crippen molar-refractivity contribution < 1.29 is 17.9 Å². The van der Waals surface area contributed by atoms with Crippen molar-refractivity contribution in [2.24, 2.45) is 0 Å². The zero-order chi connectivity index (χ0) is 12.7. The van der Waals surface area contributed by atoms with Gasteiger partial charge in [0.05, 0.1) is 12.8 Å². The summed E-state index contributed by atoms with van der Waals surface area (Å²) in [6, 6.07) is 0. The number of aromatic amines is 1. The molecule has 1 rings (SSSR count). The Labute approximate surface area is 99.6 Å². The standard InChI is InChI=1S/C9H15N3O4S/c1-2-16-9(13)4-3-5-12-17(14,15)8-6-10-11-7-8/h6-7,12H,2-5H2,1H3,(H,10,11). The van der Waals surface area contributed by atoms with E-state index in [1.54, 1.807) is 6.92 Å². The molecule has 0 radical (unpaired) electrons. The number of esters is 1. The summed E-state index contributed by atoms with van der Waals surface area (Å²) < 4.78 is 30.2. The molecule has 0 aliphatic rings. The maximum atomic E-state index is 11.6. The molecular weight excluding hydrogens is 246 g/mol. The summed E-state index contributed by atoms with van der Waals surface area (Å²) in [5.74, 6) is -0.324. The van der Waals surface area contributed by atoms with Gasteiger partial charge in [-0.2, -0.15) is 5.10 Å². The molecule has 0 unspecified atom stereocenters. The third-order valence-corrected chi connectivity index (χ3v) is 3.37. The first-order valence-electron chi connectivity index (χ1n) is 5.20. The molecule has 0 fully saturated rings. The number of hydrogen-bond donors (Lipinski definition) is 2. The second-order valence-electron chi connectivity index (χ2n) is 3.24. The number of H-pyrrole nitrogens is 1. The summed E-state index contributed by atoms with van der Waals surface area (Å²) in [7, 11) is -3.52. The molecule has 96 valence electrons. The number of nitrogens with zero attached hydrogens (tertiary/aromatic N) is 1. The zero-order valence-electron chi connectivity index (χ0n) is 9.47. The minimum absolute atomic E-state index is 0.0774. The molecular formula is C9H15N3O4S. The number of aromatic nitrogens is 2. The van der Waals surface area contributed by atoms with Gasteiger partial charge in [-0.1, -0.05) is 0 Å². The zero-order valence-corrected chi connectivity index (χ0v) is 10.3. The Morgan fingerprint density at radius 3 is 2.94 bits per heavy atom. The Morgan fingerprint density at radius 2 is 2.35 bits per heavy atom. The number of rotatable bonds is 7. The van der Waals surface area contributed by atoms with Gasteiger partial charge in [0.25, 0.3) is 0 Å². The van der Waals surface area contributed by atoms with Gasteiger partial charge in [-0.15, -0.1) is 0 Å². The van der Waals surface area contributed by atoms with E-state index in [2.05, 4.69) is 14.9 Å². The average Bonchev–Trinajstić information content (AvgIpc) is 2.79. The number of carbonyl (C=O) groups excluding carboxylic acids is 1. The Bertz CT molecular complexity index is 441. The third-order valence-electron chi connectivity index (χ3n) is 1.94. The predicted molar refractivity (Wildman–Crippen MR) is 59.6 cm³/mol. The van der Waals surface area contributed by atoms with E-state index in [4.69, 9.17) is 4.74 Å². The largest absolute Gasteiger partial charge is 0.466 e. The number of nitrogens with one attached hydrogen (secondary N) is 2. The second kappa shape index (κ2) is 6.36. The van der Waals surface area contributed by atoms with Crippen LogP contribution in [0.5, 0.6) is 0 Å². The lowest BCUT2D eigenvalue weighted by Gasteiger charge is -2.04. The van der Waals surface area contributed by atoms with Crippen LogP contribution in [0.25, 0.3) is 0 Å². The normalized spacial score (nSPS) is 11.4. The summed E-state index contributed by atoms with van der Waals surface area (Å²) in [6.45, 7) is 2.24. The topological polar surface area (TPSA) is 101 Å². The molecule has 0 aliphatic heterocycles. The van der Waals surface area contributed by atoms with Crippen LogP contribution >= 0.6 is 0 Å². The van der Waals surface area contributed by atoms with Crippen LogP contribution in [0.3, 0.4) is 0 Å². The summed E-state index contributed by atoms with van der Waals surface area (Å²) in [6.07, 6.45) is 3.10. The van der Waals surface area contributed by atoms with E-state index in [0.717, 1.165) is 0 Å². The molecule has 0 spiro atoms. The monoisotopic (exact) mass is 261 g/mol. The lowest BCUT2D eigenvalue weighted by atomic mass is 10.3. The van der Waals surface area contributed by atoms with Crippen LogP contribution < -0.4 is 4.72 Å². The van der Waals surface area contributed by atoms with Gasteiger partial charge < -0.3 is 4.74 Å². The number of hydrogen-bond acceptors (Lipinski definition) is 5. The van der Waals surface area contributed by atoms with E-state index in [-0.39, 0.29) is 23.8 Å². The van der Waals surface area contributed by atoms with Crippen molar-refractivity contribution in [2.75, 3.05) is 13.2 Å². The first-order valence-corrected chi connectivity index (χ1v) is 6.68. The highest BCUT2D eigenvalue weighted by molar-refractivity contribution is 7.89. The van der Waals surface area contributed by atoms with E-state index in [1.807, 2.05) is 0 Å². The van der Waals surface area contributed by atoms with Crippen molar-refractivity contribution in [3.05, 3.63) is 12.4 Å². The van der Waals surface area contributed by atoms with Gasteiger partial charge in [-0.25, -0.2) is 13.1 Å². The quantitative estimate of drug-likeness (QED) is 0.532. The van der Waals surface area contributed by atoms with Crippen molar-refractivity contribution in [1.82, 2.24) is 14.9 Å². The van der Waals surface area contributed by atoms with Gasteiger partial charge in [0.2, 0.25) is 10.0 Å². The molecule has 8 heteroatoms. The minimum Gasteiger partial charge on any atom is -0.466 e. The SMILES string of the molecule is CCOC(=O)CCCNS(=O)(=O)c1cn[nH]c1. The summed E-state index contributed by atoms with van der Waals surface area (Å²) in [5, 5.41) is 5.97. The van der Waals surface area contributed by atoms with Crippen LogP contribution in [-0.4, -0.2) is 37.7 Å². The molecule has 0 atom stereocenters. The predicted octanol–water partition coefficient (Wildman–Crippen LogP) is 0.0313. The van der Waals surface area contributed by atoms with Crippen molar-refractivity contribution in [1.29, 1.82) is 0 Å². The highest BCUT2D eigenvalue weighted by Crippen LogP contribution is 2.04. The summed E-state index contributed by atoms with van der Waals surface area (Å²) >= 11 is 0. The lowest BCUT2D eigenvalue weighted by molar-refractivity contribution is -0.143. The molecule has 0 amide bonds. The van der Waals surface area contributed by atoms with E-state index in [1.165, 1.54) is 12.4 Å². The van der Waals surface area contributed by atoms with E-state index >= 15 is 0 Å². The molecule has 17 heavy (non-hydrogen) atoms. The highest BCUT2D eigenvalue weighted by Gasteiger charge is 2.14. The van der Waals surface area contributed by atoms with Crippen LogP contribution in [0.2, 0.25) is 0 Å². The molecule has 0 saturated carbocycles. The summed E-state index contributed by atoms with van der Waals surface area (Å²) in [5.41, 5.74) is 0. The lowest BCUT2D eigenvalue weighted by Crippen LogP contribution is -2.25. The Kier molecular flexibility index (Phi) is 5.11. The molecule has 1 heterocycles. The Balaban J connectivity index is 2.30. The van der Waals surface area contributed by atoms with Crippen molar-refractivity contribution >= 4 is 16.0 Å². The third kappa shape index (κ3) is 4.53. The average molecular weight is 261 g/mol. The highest BCUT2D eigenvalue weighted by atomic mass is 32.2. The number of carbonyl (C=O) groups is 1. The fourth-order valence-electron chi connectivity index (χ4n) is 1.14. The Morgan fingerprint density at radius 1 is 1.59 bits per heavy atom. The maximum Gasteiger partial charge on any atom is 0.305 e. The molecule has 0 aliphatic carbocycles. The van der Waals surface area contributed by atoms with Gasteiger partial charge >= 0.3 is 5.97 Å². The van der Waals surface area contributed by atoms with Gasteiger partial charge in [0.1, 0.15) is 4.90 Å². The first kappa shape index (κ1) is 13.7. The van der Waals surface area contributed by atoms with E-state index in [9.17, 15) is 13.2 Å². The van der Waals surface area contributed by atoms with Gasteiger partial charge in [-0.05, 0) is 13.3 Å². The smallest absolute Gasteiger partial charge is 0.305 e. The second-order valence-corrected chi connectivity index (χ2v) is 5.01. The van der Waals surface area contributed by atoms with Crippen LogP contribution in [0.4, 0.5) is 0 Å². The van der Waals surface area contributed by atoms with Crippen LogP contribution in [0.15, 0.2) is 17.3 Å². The van der Waals surface area contributed by atoms with Gasteiger partial charge in [-0.3, -0.25) is 9.89 Å². The van der Waals surface area contributed by atoms with E-state index in [0.29, 0.717) is 13.0 Å². The molecule has 7 nitrogen and oxygen atoms in total. The molecule has 1 aromatic rings. The minimum atomic E-state index is -3.52. The maximum absolute atomic E-state index is 11.6. The van der Waals surface area contributed by atoms with Crippen LogP contribution in [0, 0.1) is 0 Å². The fourth-order valence-corrected chi connectivity index (χ4v) is 2.12. The molecule has 2 N–H and O–H groups in total. The van der Waals surface area contributed by atoms with Gasteiger partial charge in [0, 0.05) is 19.2 Å². The fraction of sp³-hybridized carbons (Fsp3) is 0.556. The Hall–Kier alpha value is -1.41. The molecule has 0 saturated heterocycles. The van der Waals surface area contributed by atoms with Gasteiger partial charge in [0.15, 0.2) is 0 Å². The van der Waals surface area contributed by atoms with Crippen molar-refractivity contribution in [3.63, 3.8) is 0 Å². The van der Waals surface area contributed by atoms with Crippen molar-refractivity contribution in [3.8, 4) is 0 Å². The van der Waals surface area contributed by atoms with Crippen LogP contribution in [0.1, 0.15) is 19.8 Å². The van der Waals surface area contributed by atoms with Crippen molar-refractivity contribution in [2.45, 2.75) is 24.7 Å². The number of sulfonamides is 1. The summed E-state index contributed by atoms with van der Waals surface area (Å²) in [4.78, 5) is 11.1.